The molecule has 1 N–H and O–H groups in total. The van der Waals surface area contributed by atoms with Gasteiger partial charge in [0.05, 0.1) is 6.10 Å². The van der Waals surface area contributed by atoms with E-state index in [0.29, 0.717) is 11.3 Å². The third-order valence-electron chi connectivity index (χ3n) is 1.86. The van der Waals surface area contributed by atoms with Crippen molar-refractivity contribution in [2.24, 2.45) is 0 Å². The van der Waals surface area contributed by atoms with Gasteiger partial charge < -0.3 is 9.90 Å². The Morgan fingerprint density at radius 1 is 1.64 bits per heavy atom. The van der Waals surface area contributed by atoms with E-state index in [1.165, 1.54) is 11.3 Å². The van der Waals surface area contributed by atoms with Crippen LogP contribution in [-0.4, -0.2) is 17.5 Å². The molecule has 1 rings (SSSR count). The molecule has 0 bridgehead atoms. The summed E-state index contributed by atoms with van der Waals surface area (Å²) in [5, 5.41) is 17.9. The summed E-state index contributed by atoms with van der Waals surface area (Å²) in [6, 6.07) is 5.72. The molecule has 3 nitrogen and oxygen atoms in total. The molecule has 14 heavy (non-hydrogen) atoms. The van der Waals surface area contributed by atoms with Gasteiger partial charge in [0.1, 0.15) is 17.2 Å². The second-order valence-corrected chi connectivity index (χ2v) is 4.14. The molecule has 1 atom stereocenters. The van der Waals surface area contributed by atoms with Gasteiger partial charge in [-0.3, -0.25) is 0 Å². The predicted octanol–water partition coefficient (Wildman–Crippen LogP) is 1.50. The molecule has 1 heterocycles. The highest BCUT2D eigenvalue weighted by Crippen LogP contribution is 2.17. The van der Waals surface area contributed by atoms with Crippen LogP contribution in [0, 0.1) is 11.3 Å². The number of nitrogens with zero attached hydrogens (tertiary/aromatic N) is 1. The maximum atomic E-state index is 10.1. The molecule has 0 fully saturated rings. The van der Waals surface area contributed by atoms with E-state index in [1.54, 1.807) is 6.07 Å². The first kappa shape index (κ1) is 10.9. The highest BCUT2D eigenvalue weighted by Gasteiger charge is 2.05. The summed E-state index contributed by atoms with van der Waals surface area (Å²) >= 11 is 1.43. The minimum absolute atomic E-state index is 0.191. The number of carbonyl (C=O) groups is 1. The summed E-state index contributed by atoms with van der Waals surface area (Å²) in [5.41, 5.74) is 0. The summed E-state index contributed by atoms with van der Waals surface area (Å²) in [6.45, 7) is 0. The number of hydrogen-bond donors (Lipinski definition) is 1. The first-order valence-corrected chi connectivity index (χ1v) is 5.18. The number of rotatable bonds is 5. The first-order valence-electron chi connectivity index (χ1n) is 4.36. The molecule has 4 heteroatoms. The van der Waals surface area contributed by atoms with Crippen molar-refractivity contribution >= 4 is 17.6 Å². The molecule has 0 saturated carbocycles. The van der Waals surface area contributed by atoms with Crippen LogP contribution in [0.2, 0.25) is 0 Å². The van der Waals surface area contributed by atoms with Gasteiger partial charge in [-0.15, -0.1) is 11.3 Å². The number of nitriles is 1. The van der Waals surface area contributed by atoms with Crippen molar-refractivity contribution in [2.75, 3.05) is 0 Å². The summed E-state index contributed by atoms with van der Waals surface area (Å²) < 4.78 is 0. The number of thiophene rings is 1. The molecule has 0 aromatic carbocycles. The average Bonchev–Trinajstić information content (AvgIpc) is 2.63. The van der Waals surface area contributed by atoms with Crippen LogP contribution < -0.4 is 0 Å². The Morgan fingerprint density at radius 3 is 3.00 bits per heavy atom. The van der Waals surface area contributed by atoms with Gasteiger partial charge in [0.25, 0.3) is 0 Å². The number of aryl methyl sites for hydroxylation is 1. The lowest BCUT2D eigenvalue weighted by Gasteiger charge is -2.04. The zero-order chi connectivity index (χ0) is 10.4. The molecule has 1 aromatic rings. The molecule has 0 saturated heterocycles. The van der Waals surface area contributed by atoms with E-state index in [1.807, 2.05) is 6.07 Å². The molecule has 0 aliphatic rings. The van der Waals surface area contributed by atoms with Crippen molar-refractivity contribution in [1.29, 1.82) is 5.26 Å². The molecule has 1 unspecified atom stereocenters. The zero-order valence-corrected chi connectivity index (χ0v) is 8.46. The highest BCUT2D eigenvalue weighted by molar-refractivity contribution is 7.12. The molecule has 1 aromatic heterocycles. The lowest BCUT2D eigenvalue weighted by Crippen LogP contribution is -2.07. The van der Waals surface area contributed by atoms with Crippen LogP contribution in [0.5, 0.6) is 0 Å². The maximum Gasteiger partial charge on any atom is 0.122 e. The van der Waals surface area contributed by atoms with Crippen LogP contribution in [0.1, 0.15) is 22.6 Å². The summed E-state index contributed by atoms with van der Waals surface area (Å²) in [6.07, 6.45) is 1.65. The SMILES string of the molecule is N#Cc1ccc(CCC(O)CC=O)s1. The second kappa shape index (κ2) is 5.53. The highest BCUT2D eigenvalue weighted by atomic mass is 32.1. The predicted molar refractivity (Wildman–Crippen MR) is 54.0 cm³/mol. The Kier molecular flexibility index (Phi) is 4.30. The maximum absolute atomic E-state index is 10.1. The van der Waals surface area contributed by atoms with Crippen molar-refractivity contribution in [1.82, 2.24) is 0 Å². The lowest BCUT2D eigenvalue weighted by molar-refractivity contribution is -0.109. The molecule has 74 valence electrons. The second-order valence-electron chi connectivity index (χ2n) is 2.97. The third-order valence-corrected chi connectivity index (χ3v) is 2.91. The summed E-state index contributed by atoms with van der Waals surface area (Å²) in [4.78, 5) is 11.8. The van der Waals surface area contributed by atoms with Gasteiger partial charge in [-0.1, -0.05) is 0 Å². The van der Waals surface area contributed by atoms with Crippen molar-refractivity contribution in [3.05, 3.63) is 21.9 Å². The number of aldehydes is 1. The minimum atomic E-state index is -0.555. The first-order chi connectivity index (χ1) is 6.76. The summed E-state index contributed by atoms with van der Waals surface area (Å²) in [7, 11) is 0. The van der Waals surface area contributed by atoms with Crippen LogP contribution in [0.3, 0.4) is 0 Å². The molecular weight excluding hydrogens is 198 g/mol. The monoisotopic (exact) mass is 209 g/mol. The van der Waals surface area contributed by atoms with Gasteiger partial charge in [-0.25, -0.2) is 0 Å². The average molecular weight is 209 g/mol. The van der Waals surface area contributed by atoms with E-state index in [0.717, 1.165) is 17.6 Å². The standard InChI is InChI=1S/C10H11NO2S/c11-7-10-4-3-9(14-10)2-1-8(13)5-6-12/h3-4,6,8,13H,1-2,5H2. The van der Waals surface area contributed by atoms with Gasteiger partial charge in [-0.05, 0) is 25.0 Å². The van der Waals surface area contributed by atoms with Gasteiger partial charge in [0.2, 0.25) is 0 Å². The fourth-order valence-corrected chi connectivity index (χ4v) is 1.93. The van der Waals surface area contributed by atoms with E-state index >= 15 is 0 Å². The molecule has 0 aliphatic carbocycles. The number of hydrogen-bond acceptors (Lipinski definition) is 4. The molecule has 0 amide bonds. The van der Waals surface area contributed by atoms with Gasteiger partial charge in [-0.2, -0.15) is 5.26 Å². The van der Waals surface area contributed by atoms with Crippen LogP contribution >= 0.6 is 11.3 Å². The zero-order valence-electron chi connectivity index (χ0n) is 7.64. The van der Waals surface area contributed by atoms with Gasteiger partial charge in [0, 0.05) is 11.3 Å². The normalized spacial score (nSPS) is 12.0. The Morgan fingerprint density at radius 2 is 2.43 bits per heavy atom. The number of aliphatic hydroxyl groups is 1. The van der Waals surface area contributed by atoms with Crippen molar-refractivity contribution < 1.29 is 9.90 Å². The van der Waals surface area contributed by atoms with Crippen LogP contribution in [-0.2, 0) is 11.2 Å². The van der Waals surface area contributed by atoms with Crippen LogP contribution in [0.15, 0.2) is 12.1 Å². The third kappa shape index (κ3) is 3.29. The topological polar surface area (TPSA) is 61.1 Å². The minimum Gasteiger partial charge on any atom is -0.393 e. The smallest absolute Gasteiger partial charge is 0.122 e. The fourth-order valence-electron chi connectivity index (χ4n) is 1.11. The van der Waals surface area contributed by atoms with Gasteiger partial charge in [0.15, 0.2) is 0 Å². The largest absolute Gasteiger partial charge is 0.393 e. The van der Waals surface area contributed by atoms with Crippen molar-refractivity contribution in [3.63, 3.8) is 0 Å². The van der Waals surface area contributed by atoms with E-state index in [9.17, 15) is 9.90 Å². The van der Waals surface area contributed by atoms with E-state index in [-0.39, 0.29) is 6.42 Å². The van der Waals surface area contributed by atoms with Crippen LogP contribution in [0.25, 0.3) is 0 Å². The Hall–Kier alpha value is -1.18. The fraction of sp³-hybridized carbons (Fsp3) is 0.400. The van der Waals surface area contributed by atoms with Crippen molar-refractivity contribution in [3.8, 4) is 6.07 Å². The molecular formula is C10H11NO2S. The molecule has 0 spiro atoms. The lowest BCUT2D eigenvalue weighted by atomic mass is 10.1. The summed E-state index contributed by atoms with van der Waals surface area (Å²) in [5.74, 6) is 0. The van der Waals surface area contributed by atoms with Crippen molar-refractivity contribution in [2.45, 2.75) is 25.4 Å². The van der Waals surface area contributed by atoms with E-state index in [4.69, 9.17) is 5.26 Å². The van der Waals surface area contributed by atoms with E-state index < -0.39 is 6.10 Å². The Bertz CT molecular complexity index is 340. The number of aliphatic hydroxyl groups excluding tert-OH is 1. The van der Waals surface area contributed by atoms with Gasteiger partial charge >= 0.3 is 0 Å². The molecule has 0 radical (unpaired) electrons. The van der Waals surface area contributed by atoms with E-state index in [2.05, 4.69) is 6.07 Å². The molecule has 0 aliphatic heterocycles. The Labute approximate surface area is 86.6 Å². The Balaban J connectivity index is 2.38. The quantitative estimate of drug-likeness (QED) is 0.747. The number of carbonyl (C=O) groups excluding carboxylic acids is 1. The van der Waals surface area contributed by atoms with Crippen LogP contribution in [0.4, 0.5) is 0 Å².